The molecule has 2 aromatic rings. The Balaban J connectivity index is 1.52. The fourth-order valence-corrected chi connectivity index (χ4v) is 3.42. The molecular weight excluding hydrogens is 364 g/mol. The Kier molecular flexibility index (Phi) is 7.28. The van der Waals surface area contributed by atoms with E-state index in [1.54, 1.807) is 4.90 Å². The number of aryl methyl sites for hydroxylation is 1. The number of carbonyl (C=O) groups is 2. The minimum absolute atomic E-state index is 0.0166. The highest BCUT2D eigenvalue weighted by Gasteiger charge is 2.35. The quantitative estimate of drug-likeness (QED) is 0.652. The zero-order valence-electron chi connectivity index (χ0n) is 17.3. The van der Waals surface area contributed by atoms with E-state index in [1.165, 1.54) is 5.56 Å². The molecule has 1 aliphatic heterocycles. The van der Waals surface area contributed by atoms with Gasteiger partial charge in [0.05, 0.1) is 12.5 Å². The van der Waals surface area contributed by atoms with E-state index >= 15 is 0 Å². The van der Waals surface area contributed by atoms with Crippen molar-refractivity contribution < 1.29 is 14.3 Å². The van der Waals surface area contributed by atoms with Crippen LogP contribution in [0.3, 0.4) is 0 Å². The Morgan fingerprint density at radius 1 is 1.07 bits per heavy atom. The van der Waals surface area contributed by atoms with Crippen molar-refractivity contribution in [1.82, 2.24) is 5.32 Å². The Labute approximate surface area is 173 Å². The minimum atomic E-state index is -0.321. The summed E-state index contributed by atoms with van der Waals surface area (Å²) in [6.45, 7) is 5.83. The Morgan fingerprint density at radius 2 is 1.76 bits per heavy atom. The molecule has 29 heavy (non-hydrogen) atoms. The second kappa shape index (κ2) is 10.1. The second-order valence-corrected chi connectivity index (χ2v) is 7.49. The van der Waals surface area contributed by atoms with Crippen molar-refractivity contribution in [3.63, 3.8) is 0 Å². The summed E-state index contributed by atoms with van der Waals surface area (Å²) in [6.07, 6.45) is 3.35. The van der Waals surface area contributed by atoms with Crippen LogP contribution in [-0.4, -0.2) is 25.0 Å². The lowest BCUT2D eigenvalue weighted by Crippen LogP contribution is -2.32. The summed E-state index contributed by atoms with van der Waals surface area (Å²) in [5.41, 5.74) is 3.15. The number of anilines is 1. The number of ether oxygens (including phenoxy) is 1. The van der Waals surface area contributed by atoms with Crippen LogP contribution in [0.4, 0.5) is 5.69 Å². The van der Waals surface area contributed by atoms with Crippen molar-refractivity contribution in [3.8, 4) is 5.75 Å². The third kappa shape index (κ3) is 5.59. The molecule has 5 nitrogen and oxygen atoms in total. The highest BCUT2D eigenvalue weighted by molar-refractivity contribution is 6.00. The van der Waals surface area contributed by atoms with E-state index in [9.17, 15) is 9.59 Å². The molecule has 1 atom stereocenters. The highest BCUT2D eigenvalue weighted by Crippen LogP contribution is 2.27. The molecule has 154 valence electrons. The van der Waals surface area contributed by atoms with Gasteiger partial charge in [0.15, 0.2) is 0 Å². The number of hydrogen-bond donors (Lipinski definition) is 1. The summed E-state index contributed by atoms with van der Waals surface area (Å²) in [5, 5.41) is 2.97. The van der Waals surface area contributed by atoms with Crippen molar-refractivity contribution in [1.29, 1.82) is 0 Å². The lowest BCUT2D eigenvalue weighted by atomic mass is 10.1. The van der Waals surface area contributed by atoms with Crippen LogP contribution in [0.25, 0.3) is 0 Å². The van der Waals surface area contributed by atoms with Gasteiger partial charge in [-0.15, -0.1) is 0 Å². The van der Waals surface area contributed by atoms with Crippen LogP contribution in [0.15, 0.2) is 48.5 Å². The molecule has 1 heterocycles. The van der Waals surface area contributed by atoms with Crippen molar-refractivity contribution in [2.75, 3.05) is 18.1 Å². The van der Waals surface area contributed by atoms with Crippen molar-refractivity contribution in [3.05, 3.63) is 59.7 Å². The number of amides is 2. The predicted octanol–water partition coefficient (Wildman–Crippen LogP) is 4.10. The van der Waals surface area contributed by atoms with Gasteiger partial charge in [-0.3, -0.25) is 9.59 Å². The molecule has 1 saturated heterocycles. The summed E-state index contributed by atoms with van der Waals surface area (Å²) in [4.78, 5) is 26.7. The lowest BCUT2D eigenvalue weighted by molar-refractivity contribution is -0.126. The Morgan fingerprint density at radius 3 is 2.41 bits per heavy atom. The van der Waals surface area contributed by atoms with Crippen LogP contribution < -0.4 is 15.0 Å². The van der Waals surface area contributed by atoms with Crippen molar-refractivity contribution in [2.24, 2.45) is 5.92 Å². The molecule has 0 spiro atoms. The molecule has 2 amide bonds. The SMILES string of the molecule is CCCCOc1ccc(N2C[C@H](C(=O)NCc3ccc(CC)cc3)CC2=O)cc1. The van der Waals surface area contributed by atoms with Gasteiger partial charge in [0.25, 0.3) is 0 Å². The molecule has 2 aromatic carbocycles. The van der Waals surface area contributed by atoms with E-state index in [0.29, 0.717) is 19.7 Å². The number of nitrogens with zero attached hydrogens (tertiary/aromatic N) is 1. The van der Waals surface area contributed by atoms with Gasteiger partial charge in [-0.05, 0) is 48.2 Å². The first kappa shape index (κ1) is 20.9. The first-order chi connectivity index (χ1) is 14.1. The fourth-order valence-electron chi connectivity index (χ4n) is 3.42. The van der Waals surface area contributed by atoms with E-state index < -0.39 is 0 Å². The zero-order valence-corrected chi connectivity index (χ0v) is 17.3. The molecule has 0 saturated carbocycles. The molecule has 0 bridgehead atoms. The van der Waals surface area contributed by atoms with Crippen molar-refractivity contribution in [2.45, 2.75) is 46.1 Å². The number of carbonyl (C=O) groups excluding carboxylic acids is 2. The van der Waals surface area contributed by atoms with E-state index in [0.717, 1.165) is 36.3 Å². The fraction of sp³-hybridized carbons (Fsp3) is 0.417. The van der Waals surface area contributed by atoms with Gasteiger partial charge in [0, 0.05) is 25.2 Å². The Bertz CT molecular complexity index is 815. The second-order valence-electron chi connectivity index (χ2n) is 7.49. The molecule has 1 aliphatic rings. The van der Waals surface area contributed by atoms with Gasteiger partial charge < -0.3 is 15.0 Å². The smallest absolute Gasteiger partial charge is 0.227 e. The van der Waals surface area contributed by atoms with Gasteiger partial charge in [0.2, 0.25) is 11.8 Å². The maximum Gasteiger partial charge on any atom is 0.227 e. The molecule has 0 aromatic heterocycles. The predicted molar refractivity (Wildman–Crippen MR) is 115 cm³/mol. The van der Waals surface area contributed by atoms with Gasteiger partial charge in [-0.2, -0.15) is 0 Å². The molecule has 0 radical (unpaired) electrons. The normalized spacial score (nSPS) is 16.1. The number of nitrogens with one attached hydrogen (secondary N) is 1. The zero-order chi connectivity index (χ0) is 20.6. The first-order valence-corrected chi connectivity index (χ1v) is 10.5. The van der Waals surface area contributed by atoms with Gasteiger partial charge in [-0.1, -0.05) is 44.5 Å². The third-order valence-electron chi connectivity index (χ3n) is 5.31. The van der Waals surface area contributed by atoms with E-state index in [4.69, 9.17) is 4.74 Å². The summed E-state index contributed by atoms with van der Waals surface area (Å²) < 4.78 is 5.67. The van der Waals surface area contributed by atoms with Crippen LogP contribution in [-0.2, 0) is 22.6 Å². The standard InChI is InChI=1S/C24H30N2O3/c1-3-5-14-29-22-12-10-21(11-13-22)26-17-20(15-23(26)27)24(28)25-16-19-8-6-18(4-2)7-9-19/h6-13,20H,3-5,14-17H2,1-2H3,(H,25,28)/t20-/m1/s1. The van der Waals surface area contributed by atoms with E-state index in [2.05, 4.69) is 31.3 Å². The summed E-state index contributed by atoms with van der Waals surface area (Å²) in [5.74, 6) is 0.396. The number of rotatable bonds is 9. The molecule has 1 N–H and O–H groups in total. The minimum Gasteiger partial charge on any atom is -0.494 e. The average Bonchev–Trinajstić information content (AvgIpc) is 3.15. The van der Waals surface area contributed by atoms with Crippen molar-refractivity contribution >= 4 is 17.5 Å². The van der Waals surface area contributed by atoms with E-state index in [1.807, 2.05) is 36.4 Å². The first-order valence-electron chi connectivity index (χ1n) is 10.5. The van der Waals surface area contributed by atoms with Crippen LogP contribution in [0.2, 0.25) is 0 Å². The largest absolute Gasteiger partial charge is 0.494 e. The highest BCUT2D eigenvalue weighted by atomic mass is 16.5. The summed E-state index contributed by atoms with van der Waals surface area (Å²) in [7, 11) is 0. The summed E-state index contributed by atoms with van der Waals surface area (Å²) >= 11 is 0. The maximum atomic E-state index is 12.6. The topological polar surface area (TPSA) is 58.6 Å². The van der Waals surface area contributed by atoms with Gasteiger partial charge in [-0.25, -0.2) is 0 Å². The van der Waals surface area contributed by atoms with Crippen LogP contribution in [0.1, 0.15) is 44.2 Å². The van der Waals surface area contributed by atoms with Gasteiger partial charge in [0.1, 0.15) is 5.75 Å². The molecule has 5 heteroatoms. The molecule has 0 aliphatic carbocycles. The average molecular weight is 395 g/mol. The molecule has 0 unspecified atom stereocenters. The third-order valence-corrected chi connectivity index (χ3v) is 5.31. The van der Waals surface area contributed by atoms with Crippen LogP contribution >= 0.6 is 0 Å². The van der Waals surface area contributed by atoms with E-state index in [-0.39, 0.29) is 24.2 Å². The Hall–Kier alpha value is -2.82. The molecule has 1 fully saturated rings. The number of benzene rings is 2. The number of hydrogen-bond acceptors (Lipinski definition) is 3. The summed E-state index contributed by atoms with van der Waals surface area (Å²) in [6, 6.07) is 15.8. The molecule has 3 rings (SSSR count). The van der Waals surface area contributed by atoms with Gasteiger partial charge >= 0.3 is 0 Å². The van der Waals surface area contributed by atoms with Crippen LogP contribution in [0, 0.1) is 5.92 Å². The molecular formula is C24H30N2O3. The maximum absolute atomic E-state index is 12.6. The lowest BCUT2D eigenvalue weighted by Gasteiger charge is -2.17. The van der Waals surface area contributed by atoms with Crippen LogP contribution in [0.5, 0.6) is 5.75 Å². The number of unbranched alkanes of at least 4 members (excludes halogenated alkanes) is 1. The monoisotopic (exact) mass is 394 g/mol.